The van der Waals surface area contributed by atoms with Crippen molar-refractivity contribution in [2.75, 3.05) is 45.2 Å². The lowest BCUT2D eigenvalue weighted by Crippen LogP contribution is -2.54. The van der Waals surface area contributed by atoms with Crippen LogP contribution in [-0.2, 0) is 16.4 Å². The fourth-order valence-corrected chi connectivity index (χ4v) is 6.50. The van der Waals surface area contributed by atoms with Crippen molar-refractivity contribution in [3.8, 4) is 23.2 Å². The van der Waals surface area contributed by atoms with Gasteiger partial charge in [0.1, 0.15) is 6.07 Å². The first-order valence-electron chi connectivity index (χ1n) is 14.9. The molecule has 2 aromatic heterocycles. The van der Waals surface area contributed by atoms with Crippen LogP contribution in [0.25, 0.3) is 22.2 Å². The van der Waals surface area contributed by atoms with E-state index in [9.17, 15) is 23.2 Å². The van der Waals surface area contributed by atoms with E-state index in [-0.39, 0.29) is 17.5 Å². The summed E-state index contributed by atoms with van der Waals surface area (Å²) in [6, 6.07) is 18.7. The molecule has 0 saturated carbocycles. The monoisotopic (exact) mass is 614 g/mol. The molecule has 0 aliphatic carbocycles. The Bertz CT molecular complexity index is 1760. The van der Waals surface area contributed by atoms with E-state index in [0.717, 1.165) is 53.7 Å². The average Bonchev–Trinajstić information content (AvgIpc) is 3.47. The molecule has 0 bridgehead atoms. The molecule has 1 unspecified atom stereocenters. The summed E-state index contributed by atoms with van der Waals surface area (Å²) in [6.07, 6.45) is -1.16. The Balaban J connectivity index is 1.31. The number of fused-ring (bicyclic) bond motifs is 1. The summed E-state index contributed by atoms with van der Waals surface area (Å²) < 4.78 is 45.5. The third kappa shape index (κ3) is 5.90. The minimum absolute atomic E-state index is 0.0256. The minimum atomic E-state index is -4.54. The molecule has 2 aromatic carbocycles. The second kappa shape index (κ2) is 12.0. The van der Waals surface area contributed by atoms with Gasteiger partial charge < -0.3 is 19.9 Å². The van der Waals surface area contributed by atoms with Gasteiger partial charge in [-0.1, -0.05) is 24.3 Å². The summed E-state index contributed by atoms with van der Waals surface area (Å²) in [5.74, 6) is 0.361. The van der Waals surface area contributed by atoms with Gasteiger partial charge in [0.05, 0.1) is 46.1 Å². The Morgan fingerprint density at radius 3 is 2.51 bits per heavy atom. The van der Waals surface area contributed by atoms with Crippen LogP contribution in [0, 0.1) is 11.3 Å². The Morgan fingerprint density at radius 1 is 1.09 bits per heavy atom. The number of aromatic nitrogens is 2. The first-order valence-corrected chi connectivity index (χ1v) is 14.9. The number of halogens is 3. The molecule has 0 radical (unpaired) electrons. The molecular weight excluding hydrogens is 581 g/mol. The van der Waals surface area contributed by atoms with Gasteiger partial charge in [-0.3, -0.25) is 9.78 Å². The number of para-hydroxylation sites is 1. The number of hydrogen-bond donors (Lipinski definition) is 1. The van der Waals surface area contributed by atoms with Crippen LogP contribution in [0.1, 0.15) is 36.0 Å². The van der Waals surface area contributed by atoms with Crippen molar-refractivity contribution in [2.45, 2.75) is 36.9 Å². The summed E-state index contributed by atoms with van der Waals surface area (Å²) >= 11 is 0. The van der Waals surface area contributed by atoms with Crippen LogP contribution in [0.3, 0.4) is 0 Å². The highest BCUT2D eigenvalue weighted by Crippen LogP contribution is 2.40. The van der Waals surface area contributed by atoms with Crippen LogP contribution >= 0.6 is 0 Å². The predicted octanol–water partition coefficient (Wildman–Crippen LogP) is 5.55. The van der Waals surface area contributed by atoms with Crippen molar-refractivity contribution in [3.05, 3.63) is 83.6 Å². The zero-order chi connectivity index (χ0) is 31.8. The summed E-state index contributed by atoms with van der Waals surface area (Å²) in [5, 5.41) is 13.9. The van der Waals surface area contributed by atoms with Gasteiger partial charge in [0.25, 0.3) is 0 Å². The second-order valence-electron chi connectivity index (χ2n) is 11.8. The van der Waals surface area contributed by atoms with Crippen molar-refractivity contribution < 1.29 is 22.7 Å². The Morgan fingerprint density at radius 2 is 1.87 bits per heavy atom. The van der Waals surface area contributed by atoms with E-state index in [1.54, 1.807) is 13.3 Å². The molecular formula is C34H33F3N6O2. The maximum atomic E-state index is 14.1. The number of nitriles is 1. The smallest absolute Gasteiger partial charge is 0.416 e. The number of rotatable bonds is 6. The average molecular weight is 615 g/mol. The summed E-state index contributed by atoms with van der Waals surface area (Å²) in [6.45, 7) is 2.41. The van der Waals surface area contributed by atoms with Crippen LogP contribution in [0.15, 0.2) is 66.9 Å². The summed E-state index contributed by atoms with van der Waals surface area (Å²) in [4.78, 5) is 27.6. The molecule has 4 aromatic rings. The Labute approximate surface area is 259 Å². The number of amides is 1. The first kappa shape index (κ1) is 30.3. The summed E-state index contributed by atoms with van der Waals surface area (Å²) in [7, 11) is 3.59. The molecule has 2 saturated heterocycles. The zero-order valence-electron chi connectivity index (χ0n) is 25.1. The van der Waals surface area contributed by atoms with E-state index in [2.05, 4.69) is 15.2 Å². The molecule has 1 amide bonds. The third-order valence-corrected chi connectivity index (χ3v) is 9.04. The highest BCUT2D eigenvalue weighted by Gasteiger charge is 2.45. The number of carbonyl (C=O) groups excluding carboxylic acids is 1. The number of methoxy groups -OCH3 is 1. The quantitative estimate of drug-likeness (QED) is 0.304. The van der Waals surface area contributed by atoms with Crippen molar-refractivity contribution in [3.63, 3.8) is 0 Å². The predicted molar refractivity (Wildman–Crippen MR) is 165 cm³/mol. The standard InChI is InChI=1S/C34H33F3N6O2/c1-42-14-11-26(21-42)40-32(44)33(12-15-43(16-13-33)30-10-8-24(34(35,36)37)17-23(30)19-38)25-7-9-29(39-20-25)27-18-22-5-3-4-6-28(22)41-31(27)45-2/h3-10,17-18,20,26H,11-16,21H2,1-2H3,(H,40,44). The molecule has 8 nitrogen and oxygen atoms in total. The van der Waals surface area contributed by atoms with Crippen molar-refractivity contribution in [2.24, 2.45) is 0 Å². The maximum absolute atomic E-state index is 14.1. The largest absolute Gasteiger partial charge is 0.480 e. The maximum Gasteiger partial charge on any atom is 0.416 e. The fraction of sp³-hybridized carbons (Fsp3) is 0.353. The Hall–Kier alpha value is -4.69. The number of nitrogens with zero attached hydrogens (tertiary/aromatic N) is 5. The molecule has 1 atom stereocenters. The number of likely N-dealkylation sites (N-methyl/N-ethyl adjacent to an activating group) is 1. The molecule has 1 N–H and O–H groups in total. The number of pyridine rings is 2. The van der Waals surface area contributed by atoms with Gasteiger partial charge in [0.15, 0.2) is 0 Å². The van der Waals surface area contributed by atoms with E-state index in [1.165, 1.54) is 6.07 Å². The third-order valence-electron chi connectivity index (χ3n) is 9.04. The number of benzene rings is 2. The van der Waals surface area contributed by atoms with Crippen molar-refractivity contribution in [1.29, 1.82) is 5.26 Å². The highest BCUT2D eigenvalue weighted by atomic mass is 19.4. The van der Waals surface area contributed by atoms with Gasteiger partial charge >= 0.3 is 6.18 Å². The number of piperidine rings is 1. The van der Waals surface area contributed by atoms with Gasteiger partial charge in [0.2, 0.25) is 11.8 Å². The number of alkyl halides is 3. The first-order chi connectivity index (χ1) is 21.6. The van der Waals surface area contributed by atoms with Crippen molar-refractivity contribution in [1.82, 2.24) is 20.2 Å². The van der Waals surface area contributed by atoms with Crippen LogP contribution in [-0.4, -0.2) is 67.2 Å². The van der Waals surface area contributed by atoms with Gasteiger partial charge in [-0.15, -0.1) is 0 Å². The number of anilines is 1. The van der Waals surface area contributed by atoms with Crippen LogP contribution in [0.2, 0.25) is 0 Å². The van der Waals surface area contributed by atoms with Gasteiger partial charge in [-0.05, 0) is 74.8 Å². The number of hydrogen-bond acceptors (Lipinski definition) is 7. The van der Waals surface area contributed by atoms with E-state index >= 15 is 0 Å². The zero-order valence-corrected chi connectivity index (χ0v) is 25.1. The molecule has 0 spiro atoms. The van der Waals surface area contributed by atoms with Gasteiger partial charge in [-0.25, -0.2) is 4.98 Å². The van der Waals surface area contributed by atoms with Crippen molar-refractivity contribution >= 4 is 22.5 Å². The van der Waals surface area contributed by atoms with E-state index in [1.807, 2.05) is 60.5 Å². The van der Waals surface area contributed by atoms with Crippen LogP contribution < -0.4 is 15.0 Å². The number of nitrogens with one attached hydrogen (secondary N) is 1. The summed E-state index contributed by atoms with van der Waals surface area (Å²) in [5.41, 5.74) is 1.57. The fourth-order valence-electron chi connectivity index (χ4n) is 6.50. The minimum Gasteiger partial charge on any atom is -0.480 e. The lowest BCUT2D eigenvalue weighted by molar-refractivity contribution is -0.137. The molecule has 4 heterocycles. The lowest BCUT2D eigenvalue weighted by atomic mass is 9.72. The normalized spacial score (nSPS) is 18.5. The van der Waals surface area contributed by atoms with Gasteiger partial charge in [-0.2, -0.15) is 18.4 Å². The molecule has 232 valence electrons. The van der Waals surface area contributed by atoms with E-state index in [4.69, 9.17) is 9.72 Å². The molecule has 11 heteroatoms. The van der Waals surface area contributed by atoms with E-state index in [0.29, 0.717) is 43.2 Å². The highest BCUT2D eigenvalue weighted by molar-refractivity contribution is 5.89. The number of carbonyl (C=O) groups is 1. The second-order valence-corrected chi connectivity index (χ2v) is 11.8. The number of likely N-dealkylation sites (tertiary alicyclic amines) is 1. The topological polar surface area (TPSA) is 94.4 Å². The number of ether oxygens (including phenoxy) is 1. The Kier molecular flexibility index (Phi) is 8.10. The van der Waals surface area contributed by atoms with Gasteiger partial charge in [0, 0.05) is 37.3 Å². The molecule has 2 aliphatic rings. The van der Waals surface area contributed by atoms with E-state index < -0.39 is 17.2 Å². The molecule has 2 fully saturated rings. The van der Waals surface area contributed by atoms with Crippen LogP contribution in [0.5, 0.6) is 5.88 Å². The SMILES string of the molecule is COc1nc2ccccc2cc1-c1ccc(C2(C(=O)NC3CCN(C)C3)CCN(c3ccc(C(F)(F)F)cc3C#N)CC2)cn1. The molecule has 2 aliphatic heterocycles. The lowest BCUT2D eigenvalue weighted by Gasteiger charge is -2.42. The van der Waals surface area contributed by atoms with Crippen LogP contribution in [0.4, 0.5) is 18.9 Å². The molecule has 6 rings (SSSR count). The molecule has 45 heavy (non-hydrogen) atoms.